The van der Waals surface area contributed by atoms with Crippen LogP contribution in [-0.4, -0.2) is 58.9 Å². The fraction of sp³-hybridized carbons (Fsp3) is 0.250. The minimum atomic E-state index is -2.05. The number of nitrogens with two attached hydrogens (primary N) is 1. The van der Waals surface area contributed by atoms with Gasteiger partial charge in [-0.05, 0) is 22.3 Å². The van der Waals surface area contributed by atoms with Gasteiger partial charge in [0, 0.05) is 13.0 Å². The van der Waals surface area contributed by atoms with Crippen molar-refractivity contribution in [3.05, 3.63) is 59.7 Å². The lowest BCUT2D eigenvalue weighted by Crippen LogP contribution is -2.54. The van der Waals surface area contributed by atoms with Gasteiger partial charge in [-0.15, -0.1) is 0 Å². The van der Waals surface area contributed by atoms with Crippen LogP contribution < -0.4 is 5.73 Å². The summed E-state index contributed by atoms with van der Waals surface area (Å²) in [4.78, 5) is 35.5. The van der Waals surface area contributed by atoms with Crippen molar-refractivity contribution < 1.29 is 29.3 Å². The molecule has 1 aliphatic rings. The lowest BCUT2D eigenvalue weighted by Gasteiger charge is -2.27. The van der Waals surface area contributed by atoms with Crippen LogP contribution >= 0.6 is 0 Å². The Bertz CT molecular complexity index is 883. The molecule has 0 saturated heterocycles. The van der Waals surface area contributed by atoms with Crippen molar-refractivity contribution in [3.63, 3.8) is 0 Å². The Balaban J connectivity index is 1.77. The molecular formula is C20H20N2O6. The number of aliphatic carboxylic acids is 1. The molecule has 0 fully saturated rings. The predicted octanol–water partition coefficient (Wildman–Crippen LogP) is 1.17. The summed E-state index contributed by atoms with van der Waals surface area (Å²) in [6.45, 7) is -0.0177. The molecule has 0 spiro atoms. The maximum Gasteiger partial charge on any atom is 0.410 e. The number of hydrogen-bond acceptors (Lipinski definition) is 5. The average Bonchev–Trinajstić information content (AvgIpc) is 2.99. The summed E-state index contributed by atoms with van der Waals surface area (Å²) in [6, 6.07) is 13.7. The monoisotopic (exact) mass is 384 g/mol. The minimum Gasteiger partial charge on any atom is -0.480 e. The number of primary amides is 1. The molecule has 28 heavy (non-hydrogen) atoms. The summed E-state index contributed by atoms with van der Waals surface area (Å²) in [5, 5.41) is 18.9. The van der Waals surface area contributed by atoms with Gasteiger partial charge in [-0.1, -0.05) is 48.5 Å². The second-order valence-corrected chi connectivity index (χ2v) is 6.55. The van der Waals surface area contributed by atoms with Crippen molar-refractivity contribution in [2.75, 3.05) is 13.7 Å². The molecule has 8 heteroatoms. The molecule has 2 amide bonds. The van der Waals surface area contributed by atoms with Gasteiger partial charge in [-0.2, -0.15) is 0 Å². The summed E-state index contributed by atoms with van der Waals surface area (Å²) in [5.74, 6) is -3.01. The lowest BCUT2D eigenvalue weighted by molar-refractivity contribution is -0.150. The van der Waals surface area contributed by atoms with Gasteiger partial charge >= 0.3 is 12.1 Å². The molecule has 0 saturated carbocycles. The van der Waals surface area contributed by atoms with Gasteiger partial charge in [0.25, 0.3) is 0 Å². The maximum absolute atomic E-state index is 12.4. The number of carbonyl (C=O) groups excluding carboxylic acids is 2. The normalized spacial score (nSPS) is 14.5. The van der Waals surface area contributed by atoms with Crippen LogP contribution in [0.2, 0.25) is 0 Å². The summed E-state index contributed by atoms with van der Waals surface area (Å²) >= 11 is 0. The third-order valence-corrected chi connectivity index (χ3v) is 4.88. The molecule has 0 radical (unpaired) electrons. The second-order valence-electron chi connectivity index (χ2n) is 6.55. The van der Waals surface area contributed by atoms with Gasteiger partial charge in [0.1, 0.15) is 6.61 Å². The van der Waals surface area contributed by atoms with Crippen LogP contribution in [0.4, 0.5) is 4.79 Å². The molecule has 0 aromatic heterocycles. The van der Waals surface area contributed by atoms with E-state index in [1.54, 1.807) is 0 Å². The molecular weight excluding hydrogens is 364 g/mol. The topological polar surface area (TPSA) is 130 Å². The van der Waals surface area contributed by atoms with Crippen molar-refractivity contribution in [2.45, 2.75) is 18.1 Å². The fourth-order valence-corrected chi connectivity index (χ4v) is 3.48. The van der Waals surface area contributed by atoms with Crippen LogP contribution in [0, 0.1) is 0 Å². The predicted molar refractivity (Wildman–Crippen MR) is 99.5 cm³/mol. The Kier molecular flexibility index (Phi) is 5.32. The molecule has 2 aromatic carbocycles. The van der Waals surface area contributed by atoms with E-state index in [0.29, 0.717) is 4.90 Å². The molecule has 0 aliphatic heterocycles. The summed E-state index contributed by atoms with van der Waals surface area (Å²) in [7, 11) is 1.13. The van der Waals surface area contributed by atoms with Gasteiger partial charge in [0.05, 0.1) is 0 Å². The number of aliphatic hydroxyl groups is 1. The van der Waals surface area contributed by atoms with Crippen molar-refractivity contribution in [3.8, 4) is 11.1 Å². The first-order valence-corrected chi connectivity index (χ1v) is 8.61. The van der Waals surface area contributed by atoms with Gasteiger partial charge in [-0.25, -0.2) is 9.59 Å². The minimum absolute atomic E-state index is 0.0177. The first-order valence-electron chi connectivity index (χ1n) is 8.61. The smallest absolute Gasteiger partial charge is 0.410 e. The summed E-state index contributed by atoms with van der Waals surface area (Å²) < 4.78 is 5.32. The zero-order valence-electron chi connectivity index (χ0n) is 15.1. The highest BCUT2D eigenvalue weighted by molar-refractivity contribution is 5.89. The number of ether oxygens (including phenoxy) is 1. The average molecular weight is 384 g/mol. The summed E-state index contributed by atoms with van der Waals surface area (Å²) in [5.41, 5.74) is 9.08. The van der Waals surface area contributed by atoms with Crippen molar-refractivity contribution >= 4 is 18.0 Å². The standard InChI is InChI=1S/C20H20N2O6/c1-22(16(19(25)26)17(23)18(21)24)20(27)28-10-15-13-8-4-2-6-11(13)12-7-3-5-9-14(12)15/h2-9,15-17,23H,10H2,1H3,(H2,21,24)(H,25,26)/t16-,17+/m0/s1. The van der Waals surface area contributed by atoms with E-state index in [0.717, 1.165) is 29.3 Å². The molecule has 2 atom stereocenters. The number of aliphatic hydroxyl groups excluding tert-OH is 1. The van der Waals surface area contributed by atoms with E-state index in [9.17, 15) is 24.6 Å². The van der Waals surface area contributed by atoms with E-state index >= 15 is 0 Å². The highest BCUT2D eigenvalue weighted by Gasteiger charge is 2.38. The van der Waals surface area contributed by atoms with E-state index in [-0.39, 0.29) is 12.5 Å². The Morgan fingerprint density at radius 2 is 1.57 bits per heavy atom. The zero-order valence-corrected chi connectivity index (χ0v) is 15.1. The van der Waals surface area contributed by atoms with Gasteiger partial charge in [-0.3, -0.25) is 9.69 Å². The molecule has 2 aromatic rings. The van der Waals surface area contributed by atoms with E-state index in [4.69, 9.17) is 10.5 Å². The summed E-state index contributed by atoms with van der Waals surface area (Å²) in [6.07, 6.45) is -3.03. The Morgan fingerprint density at radius 3 is 2.04 bits per heavy atom. The maximum atomic E-state index is 12.4. The van der Waals surface area contributed by atoms with E-state index in [1.807, 2.05) is 48.5 Å². The SMILES string of the molecule is CN(C(=O)OCC1c2ccccc2-c2ccccc21)[C@H](C(=O)O)[C@@H](O)C(N)=O. The quantitative estimate of drug-likeness (QED) is 0.685. The van der Waals surface area contributed by atoms with E-state index < -0.39 is 30.1 Å². The highest BCUT2D eigenvalue weighted by Crippen LogP contribution is 2.44. The number of carbonyl (C=O) groups is 3. The molecule has 146 valence electrons. The number of fused-ring (bicyclic) bond motifs is 3. The molecule has 0 unspecified atom stereocenters. The molecule has 4 N–H and O–H groups in total. The Labute approximate surface area is 161 Å². The third-order valence-electron chi connectivity index (χ3n) is 4.88. The van der Waals surface area contributed by atoms with Crippen molar-refractivity contribution in [1.82, 2.24) is 4.90 Å². The fourth-order valence-electron chi connectivity index (χ4n) is 3.48. The second kappa shape index (κ2) is 7.69. The van der Waals surface area contributed by atoms with Crippen LogP contribution in [0.3, 0.4) is 0 Å². The van der Waals surface area contributed by atoms with Crippen LogP contribution in [0.5, 0.6) is 0 Å². The van der Waals surface area contributed by atoms with Gasteiger partial charge < -0.3 is 20.7 Å². The number of rotatable bonds is 6. The van der Waals surface area contributed by atoms with Crippen LogP contribution in [-0.2, 0) is 14.3 Å². The Morgan fingerprint density at radius 1 is 1.07 bits per heavy atom. The van der Waals surface area contributed by atoms with Gasteiger partial charge in [0.2, 0.25) is 5.91 Å². The van der Waals surface area contributed by atoms with E-state index in [1.165, 1.54) is 0 Å². The molecule has 3 rings (SSSR count). The van der Waals surface area contributed by atoms with Crippen LogP contribution in [0.25, 0.3) is 11.1 Å². The largest absolute Gasteiger partial charge is 0.480 e. The van der Waals surface area contributed by atoms with Crippen LogP contribution in [0.15, 0.2) is 48.5 Å². The third kappa shape index (κ3) is 3.41. The van der Waals surface area contributed by atoms with Crippen molar-refractivity contribution in [1.29, 1.82) is 0 Å². The lowest BCUT2D eigenvalue weighted by atomic mass is 9.98. The number of nitrogens with zero attached hydrogens (tertiary/aromatic N) is 1. The van der Waals surface area contributed by atoms with Crippen molar-refractivity contribution in [2.24, 2.45) is 5.73 Å². The van der Waals surface area contributed by atoms with E-state index in [2.05, 4.69) is 0 Å². The molecule has 8 nitrogen and oxygen atoms in total. The number of amides is 2. The molecule has 1 aliphatic carbocycles. The number of hydrogen-bond donors (Lipinski definition) is 3. The molecule has 0 bridgehead atoms. The zero-order chi connectivity index (χ0) is 20.4. The first kappa shape index (κ1) is 19.4. The Hall–Kier alpha value is -3.39. The van der Waals surface area contributed by atoms with Gasteiger partial charge in [0.15, 0.2) is 12.1 Å². The number of likely N-dealkylation sites (N-methyl/N-ethyl adjacent to an activating group) is 1. The number of carboxylic acids is 1. The first-order chi connectivity index (χ1) is 13.3. The number of benzene rings is 2. The highest BCUT2D eigenvalue weighted by atomic mass is 16.6. The number of carboxylic acid groups (broad SMARTS) is 1. The van der Waals surface area contributed by atoms with Crippen LogP contribution in [0.1, 0.15) is 17.0 Å². The molecule has 0 heterocycles.